The molecule has 0 saturated heterocycles. The van der Waals surface area contributed by atoms with E-state index < -0.39 is 23.3 Å². The Kier molecular flexibility index (Phi) is 5.38. The molecule has 5 heteroatoms. The van der Waals surface area contributed by atoms with Gasteiger partial charge in [-0.1, -0.05) is 19.8 Å². The fourth-order valence-corrected chi connectivity index (χ4v) is 3.77. The van der Waals surface area contributed by atoms with Gasteiger partial charge in [0.1, 0.15) is 11.6 Å². The molecule has 1 aliphatic carbocycles. The van der Waals surface area contributed by atoms with E-state index in [9.17, 15) is 8.78 Å². The summed E-state index contributed by atoms with van der Waals surface area (Å²) in [6, 6.07) is 1.80. The topological polar surface area (TPSA) is 35.2 Å². The minimum absolute atomic E-state index is 0.0769. The van der Waals surface area contributed by atoms with Crippen LogP contribution in [0.1, 0.15) is 51.1 Å². The molecule has 2 rings (SSSR count). The lowest BCUT2D eigenvalue weighted by atomic mass is 9.73. The van der Waals surface area contributed by atoms with Gasteiger partial charge in [0, 0.05) is 12.2 Å². The first-order chi connectivity index (χ1) is 9.91. The average molecular weight is 362 g/mol. The van der Waals surface area contributed by atoms with Crippen molar-refractivity contribution in [1.82, 2.24) is 0 Å². The first-order valence-electron chi connectivity index (χ1n) is 7.44. The molecule has 2 N–H and O–H groups in total. The Morgan fingerprint density at radius 3 is 2.81 bits per heavy atom. The van der Waals surface area contributed by atoms with Crippen LogP contribution in [0.3, 0.4) is 0 Å². The van der Waals surface area contributed by atoms with Gasteiger partial charge in [0.15, 0.2) is 0 Å². The molecule has 0 heterocycles. The Balaban J connectivity index is 2.44. The molecule has 0 amide bonds. The van der Waals surface area contributed by atoms with Gasteiger partial charge in [-0.15, -0.1) is 0 Å². The standard InChI is InChI=1S/C16H22BrF2NO/c1-3-21-16(8-4-5-10(2)9-16)15(20)13-12(18)7-6-11(17)14(13)19/h6-7,10,15H,3-5,8-9,20H2,1-2H3. The molecule has 0 aromatic heterocycles. The van der Waals surface area contributed by atoms with E-state index in [0.717, 1.165) is 25.7 Å². The van der Waals surface area contributed by atoms with Gasteiger partial charge >= 0.3 is 0 Å². The van der Waals surface area contributed by atoms with E-state index in [1.807, 2.05) is 6.92 Å². The first-order valence-corrected chi connectivity index (χ1v) is 8.23. The molecule has 0 spiro atoms. The average Bonchev–Trinajstić information content (AvgIpc) is 2.43. The maximum Gasteiger partial charge on any atom is 0.145 e. The van der Waals surface area contributed by atoms with Crippen molar-refractivity contribution in [2.45, 2.75) is 51.2 Å². The highest BCUT2D eigenvalue weighted by atomic mass is 79.9. The third-order valence-corrected chi connectivity index (χ3v) is 4.99. The molecule has 1 saturated carbocycles. The highest BCUT2D eigenvalue weighted by molar-refractivity contribution is 9.10. The van der Waals surface area contributed by atoms with Gasteiger partial charge in [-0.25, -0.2) is 8.78 Å². The van der Waals surface area contributed by atoms with Gasteiger partial charge in [0.05, 0.1) is 16.1 Å². The lowest BCUT2D eigenvalue weighted by Crippen LogP contribution is -2.47. The largest absolute Gasteiger partial charge is 0.373 e. The second-order valence-electron chi connectivity index (χ2n) is 5.93. The zero-order valence-corrected chi connectivity index (χ0v) is 14.1. The monoisotopic (exact) mass is 361 g/mol. The van der Waals surface area contributed by atoms with E-state index in [1.54, 1.807) is 0 Å². The van der Waals surface area contributed by atoms with Crippen LogP contribution in [0, 0.1) is 17.6 Å². The van der Waals surface area contributed by atoms with E-state index >= 15 is 0 Å². The Morgan fingerprint density at radius 1 is 1.48 bits per heavy atom. The molecule has 2 nitrogen and oxygen atoms in total. The Morgan fingerprint density at radius 2 is 2.19 bits per heavy atom. The number of nitrogens with two attached hydrogens (primary N) is 1. The smallest absolute Gasteiger partial charge is 0.145 e. The highest BCUT2D eigenvalue weighted by Crippen LogP contribution is 2.44. The van der Waals surface area contributed by atoms with Gasteiger partial charge in [-0.05, 0) is 53.7 Å². The van der Waals surface area contributed by atoms with Gasteiger partial charge in [0.25, 0.3) is 0 Å². The molecule has 3 unspecified atom stereocenters. The zero-order valence-electron chi connectivity index (χ0n) is 12.5. The summed E-state index contributed by atoms with van der Waals surface area (Å²) in [5, 5.41) is 0. The second kappa shape index (κ2) is 6.71. The van der Waals surface area contributed by atoms with Gasteiger partial charge in [0.2, 0.25) is 0 Å². The van der Waals surface area contributed by atoms with Crippen molar-refractivity contribution in [2.75, 3.05) is 6.61 Å². The van der Waals surface area contributed by atoms with E-state index in [1.165, 1.54) is 12.1 Å². The van der Waals surface area contributed by atoms with Crippen LogP contribution < -0.4 is 5.73 Å². The second-order valence-corrected chi connectivity index (χ2v) is 6.79. The molecular weight excluding hydrogens is 340 g/mol. The number of hydrogen-bond acceptors (Lipinski definition) is 2. The maximum absolute atomic E-state index is 14.4. The van der Waals surface area contributed by atoms with Crippen molar-refractivity contribution >= 4 is 15.9 Å². The SMILES string of the molecule is CCOC1(C(N)c2c(F)ccc(Br)c2F)CCCC(C)C1. The van der Waals surface area contributed by atoms with Crippen molar-refractivity contribution in [3.63, 3.8) is 0 Å². The van der Waals surface area contributed by atoms with Crippen molar-refractivity contribution < 1.29 is 13.5 Å². The molecule has 0 bridgehead atoms. The van der Waals surface area contributed by atoms with Crippen LogP contribution >= 0.6 is 15.9 Å². The van der Waals surface area contributed by atoms with Gasteiger partial charge in [-0.2, -0.15) is 0 Å². The Labute approximate surface area is 133 Å². The molecule has 21 heavy (non-hydrogen) atoms. The number of hydrogen-bond donors (Lipinski definition) is 1. The van der Waals surface area contributed by atoms with Crippen molar-refractivity contribution in [1.29, 1.82) is 0 Å². The fraction of sp³-hybridized carbons (Fsp3) is 0.625. The summed E-state index contributed by atoms with van der Waals surface area (Å²) in [7, 11) is 0. The zero-order chi connectivity index (χ0) is 15.6. The van der Waals surface area contributed by atoms with Crippen LogP contribution in [0.2, 0.25) is 0 Å². The van der Waals surface area contributed by atoms with E-state index in [0.29, 0.717) is 12.5 Å². The van der Waals surface area contributed by atoms with Crippen LogP contribution in [0.25, 0.3) is 0 Å². The lowest BCUT2D eigenvalue weighted by Gasteiger charge is -2.44. The Bertz CT molecular complexity index is 507. The minimum atomic E-state index is -0.808. The first kappa shape index (κ1) is 16.8. The summed E-state index contributed by atoms with van der Waals surface area (Å²) < 4.78 is 34.7. The summed E-state index contributed by atoms with van der Waals surface area (Å²) in [6.07, 6.45) is 3.53. The fourth-order valence-electron chi connectivity index (χ4n) is 3.43. The van der Waals surface area contributed by atoms with Crippen molar-refractivity contribution in [3.8, 4) is 0 Å². The molecule has 1 aromatic rings. The van der Waals surface area contributed by atoms with Crippen LogP contribution in [0.15, 0.2) is 16.6 Å². The predicted octanol–water partition coefficient (Wildman–Crippen LogP) is 4.71. The van der Waals surface area contributed by atoms with Crippen LogP contribution in [0.5, 0.6) is 0 Å². The summed E-state index contributed by atoms with van der Waals surface area (Å²) >= 11 is 3.10. The van der Waals surface area contributed by atoms with Gasteiger partial charge in [-0.3, -0.25) is 0 Å². The molecule has 1 aromatic carbocycles. The molecule has 3 atom stereocenters. The summed E-state index contributed by atoms with van der Waals surface area (Å²) in [6.45, 7) is 4.51. The molecule has 1 fully saturated rings. The normalized spacial score (nSPS) is 27.6. The quantitative estimate of drug-likeness (QED) is 0.788. The highest BCUT2D eigenvalue weighted by Gasteiger charge is 2.43. The maximum atomic E-state index is 14.4. The summed E-state index contributed by atoms with van der Waals surface area (Å²) in [5.74, 6) is -0.796. The van der Waals surface area contributed by atoms with Crippen LogP contribution in [0.4, 0.5) is 8.78 Å². The van der Waals surface area contributed by atoms with Gasteiger partial charge < -0.3 is 10.5 Å². The molecular formula is C16H22BrF2NO. The number of benzene rings is 1. The molecule has 1 aliphatic rings. The van der Waals surface area contributed by atoms with Crippen LogP contribution in [-0.2, 0) is 4.74 Å². The summed E-state index contributed by atoms with van der Waals surface area (Å²) in [5.41, 5.74) is 5.54. The van der Waals surface area contributed by atoms with Crippen molar-refractivity contribution in [3.05, 3.63) is 33.8 Å². The number of ether oxygens (including phenoxy) is 1. The molecule has 0 radical (unpaired) electrons. The summed E-state index contributed by atoms with van der Waals surface area (Å²) in [4.78, 5) is 0. The predicted molar refractivity (Wildman–Crippen MR) is 83.0 cm³/mol. The minimum Gasteiger partial charge on any atom is -0.373 e. The van der Waals surface area contributed by atoms with Crippen LogP contribution in [-0.4, -0.2) is 12.2 Å². The van der Waals surface area contributed by atoms with Crippen molar-refractivity contribution in [2.24, 2.45) is 11.7 Å². The number of halogens is 3. The Hall–Kier alpha value is -0.520. The van der Waals surface area contributed by atoms with E-state index in [-0.39, 0.29) is 10.0 Å². The molecule has 0 aliphatic heterocycles. The van der Waals surface area contributed by atoms with E-state index in [4.69, 9.17) is 10.5 Å². The molecule has 118 valence electrons. The number of rotatable bonds is 4. The van der Waals surface area contributed by atoms with E-state index in [2.05, 4.69) is 22.9 Å². The third-order valence-electron chi connectivity index (χ3n) is 4.38. The lowest BCUT2D eigenvalue weighted by molar-refractivity contribution is -0.0950. The third kappa shape index (κ3) is 3.30.